The first kappa shape index (κ1) is 23.1. The molecular weight excluding hydrogens is 452 g/mol. The van der Waals surface area contributed by atoms with Crippen LogP contribution in [-0.4, -0.2) is 64.4 Å². The van der Waals surface area contributed by atoms with Gasteiger partial charge in [-0.3, -0.25) is 9.59 Å². The third-order valence-electron chi connectivity index (χ3n) is 7.07. The molecule has 0 radical (unpaired) electrons. The molecule has 2 aromatic rings. The Morgan fingerprint density at radius 1 is 1.21 bits per heavy atom. The van der Waals surface area contributed by atoms with Gasteiger partial charge in [0.25, 0.3) is 0 Å². The lowest BCUT2D eigenvalue weighted by Gasteiger charge is -2.38. The van der Waals surface area contributed by atoms with Crippen molar-refractivity contribution < 1.29 is 9.59 Å². The van der Waals surface area contributed by atoms with Crippen LogP contribution in [0.15, 0.2) is 30.6 Å². The van der Waals surface area contributed by atoms with Gasteiger partial charge in [-0.2, -0.15) is 0 Å². The molecule has 1 aliphatic carbocycles. The molecule has 9 heteroatoms. The zero-order chi connectivity index (χ0) is 24.0. The topological polar surface area (TPSA) is 90.5 Å². The lowest BCUT2D eigenvalue weighted by Crippen LogP contribution is -2.51. The van der Waals surface area contributed by atoms with Crippen molar-refractivity contribution in [2.75, 3.05) is 29.9 Å². The first-order valence-electron chi connectivity index (χ1n) is 12.0. The van der Waals surface area contributed by atoms with Gasteiger partial charge in [0.15, 0.2) is 0 Å². The monoisotopic (exact) mass is 482 g/mol. The van der Waals surface area contributed by atoms with Crippen molar-refractivity contribution in [3.8, 4) is 0 Å². The number of nitrogens with one attached hydrogen (secondary N) is 2. The average Bonchev–Trinajstić information content (AvgIpc) is 3.60. The summed E-state index contributed by atoms with van der Waals surface area (Å²) < 4.78 is 0. The molecule has 1 saturated carbocycles. The first-order chi connectivity index (χ1) is 16.3. The van der Waals surface area contributed by atoms with Gasteiger partial charge in [0.2, 0.25) is 11.8 Å². The quantitative estimate of drug-likeness (QED) is 0.657. The van der Waals surface area contributed by atoms with E-state index >= 15 is 0 Å². The predicted molar refractivity (Wildman–Crippen MR) is 132 cm³/mol. The first-order valence-corrected chi connectivity index (χ1v) is 12.4. The summed E-state index contributed by atoms with van der Waals surface area (Å²) in [4.78, 5) is 39.0. The minimum Gasteiger partial charge on any atom is -0.349 e. The Labute approximate surface area is 205 Å². The number of carbonyl (C=O) groups excluding carboxylic acids is 2. The van der Waals surface area contributed by atoms with E-state index in [9.17, 15) is 9.59 Å². The van der Waals surface area contributed by atoms with E-state index in [-0.39, 0.29) is 35.7 Å². The summed E-state index contributed by atoms with van der Waals surface area (Å²) in [6, 6.07) is 8.32. The van der Waals surface area contributed by atoms with Crippen LogP contribution in [0, 0.1) is 0 Å². The fraction of sp³-hybridized carbons (Fsp3) is 0.520. The number of aromatic nitrogens is 2. The van der Waals surface area contributed by atoms with Gasteiger partial charge in [0.05, 0.1) is 18.0 Å². The summed E-state index contributed by atoms with van der Waals surface area (Å²) in [5.74, 6) is 1.48. The van der Waals surface area contributed by atoms with Crippen molar-refractivity contribution in [3.63, 3.8) is 0 Å². The number of benzene rings is 1. The molecule has 34 heavy (non-hydrogen) atoms. The van der Waals surface area contributed by atoms with Gasteiger partial charge in [-0.15, -0.1) is 0 Å². The van der Waals surface area contributed by atoms with E-state index in [2.05, 4.69) is 44.2 Å². The van der Waals surface area contributed by atoms with E-state index in [0.717, 1.165) is 23.4 Å². The normalized spacial score (nSPS) is 24.4. The molecule has 5 rings (SSSR count). The summed E-state index contributed by atoms with van der Waals surface area (Å²) >= 11 is 6.09. The second kappa shape index (κ2) is 9.15. The second-order valence-electron chi connectivity index (χ2n) is 9.88. The number of piperazine rings is 1. The van der Waals surface area contributed by atoms with Gasteiger partial charge in [-0.1, -0.05) is 44.5 Å². The molecular formula is C25H31ClN6O2. The van der Waals surface area contributed by atoms with Crippen molar-refractivity contribution >= 4 is 35.1 Å². The highest BCUT2D eigenvalue weighted by molar-refractivity contribution is 6.30. The molecule has 1 saturated heterocycles. The highest BCUT2D eigenvalue weighted by Crippen LogP contribution is 2.44. The Kier molecular flexibility index (Phi) is 6.20. The van der Waals surface area contributed by atoms with Crippen molar-refractivity contribution in [1.82, 2.24) is 20.2 Å². The number of rotatable bonds is 6. The van der Waals surface area contributed by atoms with Crippen LogP contribution in [0.3, 0.4) is 0 Å². The number of nitrogens with zero attached hydrogens (tertiary/aromatic N) is 4. The molecule has 3 aliphatic rings. The van der Waals surface area contributed by atoms with E-state index in [4.69, 9.17) is 11.6 Å². The fourth-order valence-electron chi connectivity index (χ4n) is 5.25. The minimum atomic E-state index is -0.255. The average molecular weight is 483 g/mol. The van der Waals surface area contributed by atoms with Gasteiger partial charge in [-0.05, 0) is 30.0 Å². The molecule has 4 atom stereocenters. The zero-order valence-corrected chi connectivity index (χ0v) is 20.5. The molecule has 8 nitrogen and oxygen atoms in total. The summed E-state index contributed by atoms with van der Waals surface area (Å²) in [7, 11) is 0. The Hall–Kier alpha value is -2.71. The molecule has 0 bridgehead atoms. The van der Waals surface area contributed by atoms with Crippen LogP contribution in [0.2, 0.25) is 5.02 Å². The van der Waals surface area contributed by atoms with E-state index in [0.29, 0.717) is 42.9 Å². The summed E-state index contributed by atoms with van der Waals surface area (Å²) in [5.41, 5.74) is 1.99. The number of hydrogen-bond donors (Lipinski definition) is 2. The highest BCUT2D eigenvalue weighted by Gasteiger charge is 2.52. The maximum absolute atomic E-state index is 13.8. The molecule has 0 spiro atoms. The van der Waals surface area contributed by atoms with Crippen LogP contribution in [0.5, 0.6) is 0 Å². The van der Waals surface area contributed by atoms with Crippen LogP contribution in [-0.2, 0) is 9.59 Å². The standard InChI is InChI=1S/C25H31ClN6O2/c1-14(2)27-12-18(16-4-6-17(26)7-5-16)25(34)32-9-8-31(19-11-20(19)32)24-22-15(3)10-21(33)30-23(22)28-13-29-24/h4-7,13-15,18-20,27H,8-12H2,1-3H3,(H,28,29,30,33)/t15-,18-,19?,20?/m1/s1. The lowest BCUT2D eigenvalue weighted by atomic mass is 9.94. The molecule has 2 N–H and O–H groups in total. The Morgan fingerprint density at radius 2 is 1.97 bits per heavy atom. The molecule has 2 aliphatic heterocycles. The van der Waals surface area contributed by atoms with Crippen molar-refractivity contribution in [2.45, 2.75) is 63.6 Å². The van der Waals surface area contributed by atoms with Crippen molar-refractivity contribution in [1.29, 1.82) is 0 Å². The van der Waals surface area contributed by atoms with Gasteiger partial charge in [0.1, 0.15) is 18.0 Å². The number of hydrogen-bond acceptors (Lipinski definition) is 6. The highest BCUT2D eigenvalue weighted by atomic mass is 35.5. The van der Waals surface area contributed by atoms with Crippen LogP contribution in [0.25, 0.3) is 0 Å². The SMILES string of the molecule is CC(C)NC[C@@H](C(=O)N1CCN(c2ncnc3c2[C@H](C)CC(=O)N3)C2CC21)c1ccc(Cl)cc1. The predicted octanol–water partition coefficient (Wildman–Crippen LogP) is 3.15. The summed E-state index contributed by atoms with van der Waals surface area (Å²) in [5, 5.41) is 7.00. The summed E-state index contributed by atoms with van der Waals surface area (Å²) in [6.45, 7) is 8.17. The minimum absolute atomic E-state index is 0.00684. The molecule has 2 amide bonds. The maximum atomic E-state index is 13.8. The number of halogens is 1. The van der Waals surface area contributed by atoms with Crippen LogP contribution in [0.1, 0.15) is 56.6 Å². The summed E-state index contributed by atoms with van der Waals surface area (Å²) in [6.07, 6.45) is 2.89. The number of anilines is 2. The molecule has 1 aromatic carbocycles. The molecule has 2 fully saturated rings. The van der Waals surface area contributed by atoms with Gasteiger partial charge < -0.3 is 20.4 Å². The van der Waals surface area contributed by atoms with Gasteiger partial charge >= 0.3 is 0 Å². The van der Waals surface area contributed by atoms with Crippen LogP contribution in [0.4, 0.5) is 11.6 Å². The van der Waals surface area contributed by atoms with Crippen LogP contribution < -0.4 is 15.5 Å². The molecule has 2 unspecified atom stereocenters. The largest absolute Gasteiger partial charge is 0.349 e. The Morgan fingerprint density at radius 3 is 2.71 bits per heavy atom. The molecule has 180 valence electrons. The number of amides is 2. The van der Waals surface area contributed by atoms with E-state index in [1.54, 1.807) is 0 Å². The maximum Gasteiger partial charge on any atom is 0.231 e. The van der Waals surface area contributed by atoms with Gasteiger partial charge in [-0.25, -0.2) is 9.97 Å². The van der Waals surface area contributed by atoms with E-state index in [1.165, 1.54) is 6.33 Å². The number of carbonyl (C=O) groups is 2. The second-order valence-corrected chi connectivity index (χ2v) is 10.3. The van der Waals surface area contributed by atoms with Gasteiger partial charge in [0, 0.05) is 42.7 Å². The van der Waals surface area contributed by atoms with E-state index < -0.39 is 0 Å². The third-order valence-corrected chi connectivity index (χ3v) is 7.32. The fourth-order valence-corrected chi connectivity index (χ4v) is 5.38. The van der Waals surface area contributed by atoms with Crippen molar-refractivity contribution in [2.24, 2.45) is 0 Å². The van der Waals surface area contributed by atoms with Crippen LogP contribution >= 0.6 is 11.6 Å². The third kappa shape index (κ3) is 4.36. The van der Waals surface area contributed by atoms with Crippen molar-refractivity contribution in [3.05, 3.63) is 46.7 Å². The van der Waals surface area contributed by atoms with E-state index in [1.807, 2.05) is 31.2 Å². The number of fused-ring (bicyclic) bond motifs is 2. The molecule has 3 heterocycles. The Balaban J connectivity index is 1.35. The lowest BCUT2D eigenvalue weighted by molar-refractivity contribution is -0.133. The smallest absolute Gasteiger partial charge is 0.231 e. The zero-order valence-electron chi connectivity index (χ0n) is 19.8. The Bertz CT molecular complexity index is 1090. The molecule has 1 aromatic heterocycles.